The topological polar surface area (TPSA) is 68.1 Å². The van der Waals surface area contributed by atoms with Crippen LogP contribution in [0.5, 0.6) is 0 Å². The molecule has 2 N–H and O–H groups in total. The predicted octanol–water partition coefficient (Wildman–Crippen LogP) is 2.50. The van der Waals surface area contributed by atoms with Crippen LogP contribution >= 0.6 is 0 Å². The number of benzene rings is 2. The molecule has 6 nitrogen and oxygen atoms in total. The number of para-hydroxylation sites is 3. The highest BCUT2D eigenvalue weighted by Gasteiger charge is 2.33. The summed E-state index contributed by atoms with van der Waals surface area (Å²) < 4.78 is 41.5. The van der Waals surface area contributed by atoms with Gasteiger partial charge >= 0.3 is 11.9 Å². The van der Waals surface area contributed by atoms with Gasteiger partial charge in [-0.05, 0) is 24.3 Å². The maximum Gasteiger partial charge on any atom is 0.418 e. The Morgan fingerprint density at radius 1 is 1.04 bits per heavy atom. The molecule has 0 aliphatic rings. The van der Waals surface area contributed by atoms with Gasteiger partial charge in [-0.3, -0.25) is 24.8 Å². The van der Waals surface area contributed by atoms with Gasteiger partial charge in [0.1, 0.15) is 6.54 Å². The van der Waals surface area contributed by atoms with E-state index >= 15 is 0 Å². The van der Waals surface area contributed by atoms with Gasteiger partial charge in [0.25, 0.3) is 5.91 Å². The largest absolute Gasteiger partial charge is 0.418 e. The van der Waals surface area contributed by atoms with E-state index in [9.17, 15) is 22.8 Å². The van der Waals surface area contributed by atoms with Crippen LogP contribution in [0.25, 0.3) is 11.0 Å². The molecule has 3 aromatic rings. The third-order valence-electron chi connectivity index (χ3n) is 3.92. The molecule has 0 radical (unpaired) electrons. The van der Waals surface area contributed by atoms with Crippen LogP contribution in [0, 0.1) is 0 Å². The van der Waals surface area contributed by atoms with Crippen molar-refractivity contribution < 1.29 is 18.0 Å². The summed E-state index contributed by atoms with van der Waals surface area (Å²) >= 11 is 0. The lowest BCUT2D eigenvalue weighted by atomic mass is 10.2. The van der Waals surface area contributed by atoms with E-state index in [0.29, 0.717) is 11.0 Å². The van der Waals surface area contributed by atoms with E-state index in [2.05, 4.69) is 10.9 Å². The molecule has 1 heterocycles. The van der Waals surface area contributed by atoms with Crippen LogP contribution < -0.4 is 16.5 Å². The molecule has 0 unspecified atom stereocenters. The number of hydrogen-bond donors (Lipinski definition) is 2. The molecule has 0 spiro atoms. The molecule has 0 aliphatic heterocycles. The normalized spacial score (nSPS) is 11.5. The molecule has 136 valence electrons. The smallest absolute Gasteiger partial charge is 0.298 e. The lowest BCUT2D eigenvalue weighted by Crippen LogP contribution is -2.36. The monoisotopic (exact) mass is 364 g/mol. The Bertz CT molecular complexity index is 1020. The highest BCUT2D eigenvalue weighted by Crippen LogP contribution is 2.34. The number of anilines is 1. The fourth-order valence-corrected chi connectivity index (χ4v) is 2.68. The fourth-order valence-electron chi connectivity index (χ4n) is 2.68. The first-order valence-electron chi connectivity index (χ1n) is 7.64. The van der Waals surface area contributed by atoms with Crippen LogP contribution in [0.4, 0.5) is 18.9 Å². The summed E-state index contributed by atoms with van der Waals surface area (Å²) in [5.74, 6) is -0.652. The number of aryl methyl sites for hydroxylation is 1. The molecule has 3 rings (SSSR count). The van der Waals surface area contributed by atoms with Crippen molar-refractivity contribution in [3.05, 3.63) is 64.6 Å². The first-order chi connectivity index (χ1) is 12.3. The number of imidazole rings is 1. The first kappa shape index (κ1) is 17.6. The van der Waals surface area contributed by atoms with Gasteiger partial charge in [-0.15, -0.1) is 0 Å². The van der Waals surface area contributed by atoms with Crippen molar-refractivity contribution in [3.63, 3.8) is 0 Å². The summed E-state index contributed by atoms with van der Waals surface area (Å²) in [6.07, 6.45) is -4.55. The zero-order valence-electron chi connectivity index (χ0n) is 13.7. The van der Waals surface area contributed by atoms with Gasteiger partial charge in [-0.2, -0.15) is 13.2 Å². The molecule has 0 fully saturated rings. The van der Waals surface area contributed by atoms with Crippen molar-refractivity contribution >= 4 is 22.6 Å². The number of carbonyl (C=O) groups excluding carboxylic acids is 1. The van der Waals surface area contributed by atoms with Crippen LogP contribution in [-0.4, -0.2) is 15.0 Å². The minimum absolute atomic E-state index is 0.279. The number of amides is 1. The second kappa shape index (κ2) is 6.58. The summed E-state index contributed by atoms with van der Waals surface area (Å²) in [5.41, 5.74) is 4.12. The molecule has 0 atom stereocenters. The van der Waals surface area contributed by atoms with Gasteiger partial charge in [0, 0.05) is 7.05 Å². The fraction of sp³-hybridized carbons (Fsp3) is 0.176. The lowest BCUT2D eigenvalue weighted by Gasteiger charge is -2.15. The third kappa shape index (κ3) is 3.28. The average Bonchev–Trinajstić information content (AvgIpc) is 2.85. The Balaban J connectivity index is 1.78. The molecule has 1 aromatic heterocycles. The number of nitrogens with one attached hydrogen (secondary N) is 2. The van der Waals surface area contributed by atoms with Gasteiger partial charge in [0.15, 0.2) is 0 Å². The highest BCUT2D eigenvalue weighted by atomic mass is 19.4. The van der Waals surface area contributed by atoms with E-state index in [1.54, 1.807) is 31.3 Å². The Morgan fingerprint density at radius 3 is 2.35 bits per heavy atom. The Morgan fingerprint density at radius 2 is 1.65 bits per heavy atom. The number of alkyl halides is 3. The minimum atomic E-state index is -4.55. The summed E-state index contributed by atoms with van der Waals surface area (Å²) in [6.45, 7) is -0.332. The SMILES string of the molecule is Cn1c(=O)n(CC(=O)NNc2ccccc2C(F)(F)F)c2ccccc21. The molecule has 0 saturated carbocycles. The summed E-state index contributed by atoms with van der Waals surface area (Å²) in [7, 11) is 1.58. The quantitative estimate of drug-likeness (QED) is 0.699. The highest BCUT2D eigenvalue weighted by molar-refractivity contribution is 5.81. The van der Waals surface area contributed by atoms with Crippen LogP contribution in [0.1, 0.15) is 5.56 Å². The van der Waals surface area contributed by atoms with Crippen molar-refractivity contribution in [2.75, 3.05) is 5.43 Å². The van der Waals surface area contributed by atoms with Gasteiger partial charge in [-0.1, -0.05) is 24.3 Å². The van der Waals surface area contributed by atoms with E-state index in [1.165, 1.54) is 27.3 Å². The summed E-state index contributed by atoms with van der Waals surface area (Å²) in [5, 5.41) is 0. The number of carbonyl (C=O) groups is 1. The molecule has 26 heavy (non-hydrogen) atoms. The zero-order valence-corrected chi connectivity index (χ0v) is 13.7. The van der Waals surface area contributed by atoms with Gasteiger partial charge in [-0.25, -0.2) is 4.79 Å². The Kier molecular flexibility index (Phi) is 4.45. The van der Waals surface area contributed by atoms with Gasteiger partial charge in [0.05, 0.1) is 22.3 Å². The van der Waals surface area contributed by atoms with E-state index in [1.807, 2.05) is 0 Å². The lowest BCUT2D eigenvalue weighted by molar-refractivity contribution is -0.137. The second-order valence-corrected chi connectivity index (χ2v) is 5.63. The van der Waals surface area contributed by atoms with E-state index < -0.39 is 23.3 Å². The number of fused-ring (bicyclic) bond motifs is 1. The first-order valence-corrected chi connectivity index (χ1v) is 7.64. The van der Waals surface area contributed by atoms with Crippen molar-refractivity contribution in [1.82, 2.24) is 14.6 Å². The summed E-state index contributed by atoms with van der Waals surface area (Å²) in [4.78, 5) is 24.4. The standard InChI is InChI=1S/C17H15F3N4O2/c1-23-13-8-4-5-9-14(13)24(16(23)26)10-15(25)22-21-12-7-3-2-6-11(12)17(18,19)20/h2-9,21H,10H2,1H3,(H,22,25). The molecule has 0 bridgehead atoms. The zero-order chi connectivity index (χ0) is 18.9. The number of hydrogen-bond acceptors (Lipinski definition) is 3. The van der Waals surface area contributed by atoms with Crippen LogP contribution in [0.3, 0.4) is 0 Å². The van der Waals surface area contributed by atoms with E-state index in [4.69, 9.17) is 0 Å². The van der Waals surface area contributed by atoms with E-state index in [-0.39, 0.29) is 12.2 Å². The molecule has 0 saturated heterocycles. The molecule has 9 heteroatoms. The molecular formula is C17H15F3N4O2. The molecular weight excluding hydrogens is 349 g/mol. The maximum atomic E-state index is 12.9. The van der Waals surface area contributed by atoms with Crippen LogP contribution in [0.2, 0.25) is 0 Å². The second-order valence-electron chi connectivity index (χ2n) is 5.63. The molecule has 1 amide bonds. The van der Waals surface area contributed by atoms with Gasteiger partial charge < -0.3 is 0 Å². The Labute approximate surface area is 145 Å². The number of aromatic nitrogens is 2. The van der Waals surface area contributed by atoms with Crippen LogP contribution in [-0.2, 0) is 24.6 Å². The Hall–Kier alpha value is -3.23. The third-order valence-corrected chi connectivity index (χ3v) is 3.92. The number of rotatable bonds is 4. The van der Waals surface area contributed by atoms with Crippen molar-refractivity contribution in [2.45, 2.75) is 12.7 Å². The van der Waals surface area contributed by atoms with Gasteiger partial charge in [0.2, 0.25) is 0 Å². The predicted molar refractivity (Wildman–Crippen MR) is 90.4 cm³/mol. The van der Waals surface area contributed by atoms with Crippen molar-refractivity contribution in [3.8, 4) is 0 Å². The summed E-state index contributed by atoms with van der Waals surface area (Å²) in [6, 6.07) is 11.7. The number of nitrogens with zero attached hydrogens (tertiary/aromatic N) is 2. The maximum absolute atomic E-state index is 12.9. The van der Waals surface area contributed by atoms with Crippen LogP contribution in [0.15, 0.2) is 53.3 Å². The van der Waals surface area contributed by atoms with Crippen molar-refractivity contribution in [2.24, 2.45) is 7.05 Å². The molecule has 2 aromatic carbocycles. The van der Waals surface area contributed by atoms with E-state index in [0.717, 1.165) is 6.07 Å². The average molecular weight is 364 g/mol. The number of halogens is 3. The van der Waals surface area contributed by atoms with Crippen molar-refractivity contribution in [1.29, 1.82) is 0 Å². The minimum Gasteiger partial charge on any atom is -0.298 e. The molecule has 0 aliphatic carbocycles. The number of hydrazine groups is 1.